The fourth-order valence-electron chi connectivity index (χ4n) is 1.93. The molecule has 0 saturated carbocycles. The summed E-state index contributed by atoms with van der Waals surface area (Å²) in [5.41, 5.74) is 7.55. The Morgan fingerprint density at radius 3 is 2.41 bits per heavy atom. The molecule has 0 bridgehead atoms. The van der Waals surface area contributed by atoms with Crippen LogP contribution in [-0.4, -0.2) is 29.9 Å². The zero-order chi connectivity index (χ0) is 12.8. The summed E-state index contributed by atoms with van der Waals surface area (Å²) < 4.78 is 0. The van der Waals surface area contributed by atoms with E-state index in [0.717, 1.165) is 18.8 Å². The van der Waals surface area contributed by atoms with Gasteiger partial charge in [-0.25, -0.2) is 0 Å². The molecule has 1 unspecified atom stereocenters. The molecule has 17 heavy (non-hydrogen) atoms. The monoisotopic (exact) mass is 238 g/mol. The number of phenolic OH excluding ortho intramolecular Hbond substituents is 1. The molecule has 0 radical (unpaired) electrons. The molecule has 4 N–H and O–H groups in total. The number of hydrogen-bond donors (Lipinski definition) is 3. The second-order valence-electron chi connectivity index (χ2n) is 4.03. The van der Waals surface area contributed by atoms with E-state index in [1.807, 2.05) is 12.1 Å². The summed E-state index contributed by atoms with van der Waals surface area (Å²) in [6, 6.07) is 5.22. The third kappa shape index (κ3) is 3.35. The van der Waals surface area contributed by atoms with Gasteiger partial charge < -0.3 is 20.8 Å². The third-order valence-corrected chi connectivity index (χ3v) is 2.98. The van der Waals surface area contributed by atoms with Gasteiger partial charge in [-0.2, -0.15) is 0 Å². The smallest absolute Gasteiger partial charge is 0.122 e. The molecule has 1 aromatic rings. The van der Waals surface area contributed by atoms with Crippen LogP contribution in [0, 0.1) is 0 Å². The highest BCUT2D eigenvalue weighted by atomic mass is 16.3. The minimum Gasteiger partial charge on any atom is -0.508 e. The van der Waals surface area contributed by atoms with Crippen LogP contribution in [0.15, 0.2) is 18.2 Å². The maximum atomic E-state index is 9.94. The summed E-state index contributed by atoms with van der Waals surface area (Å²) >= 11 is 0. The first kappa shape index (κ1) is 13.8. The maximum Gasteiger partial charge on any atom is 0.122 e. The summed E-state index contributed by atoms with van der Waals surface area (Å²) in [5.74, 6) is 0.204. The second kappa shape index (κ2) is 6.47. The molecule has 1 aromatic carbocycles. The summed E-state index contributed by atoms with van der Waals surface area (Å²) in [6.45, 7) is 5.98. The van der Waals surface area contributed by atoms with Gasteiger partial charge in [0.15, 0.2) is 0 Å². The van der Waals surface area contributed by atoms with Crippen molar-refractivity contribution in [1.82, 2.24) is 0 Å². The van der Waals surface area contributed by atoms with Gasteiger partial charge in [0.05, 0.1) is 0 Å². The van der Waals surface area contributed by atoms with E-state index >= 15 is 0 Å². The topological polar surface area (TPSA) is 69.7 Å². The molecule has 0 aliphatic rings. The molecule has 0 aliphatic heterocycles. The van der Waals surface area contributed by atoms with Crippen LogP contribution in [0.5, 0.6) is 5.75 Å². The lowest BCUT2D eigenvalue weighted by Crippen LogP contribution is -2.22. The van der Waals surface area contributed by atoms with Crippen LogP contribution in [0.3, 0.4) is 0 Å². The largest absolute Gasteiger partial charge is 0.508 e. The van der Waals surface area contributed by atoms with Crippen molar-refractivity contribution in [3.8, 4) is 5.75 Å². The van der Waals surface area contributed by atoms with Crippen molar-refractivity contribution in [1.29, 1.82) is 0 Å². The number of nitrogens with two attached hydrogens (primary N) is 1. The van der Waals surface area contributed by atoms with Crippen molar-refractivity contribution in [2.24, 2.45) is 5.73 Å². The molecule has 0 amide bonds. The molecule has 4 nitrogen and oxygen atoms in total. The molecule has 0 saturated heterocycles. The Morgan fingerprint density at radius 2 is 1.94 bits per heavy atom. The number of benzene rings is 1. The summed E-state index contributed by atoms with van der Waals surface area (Å²) in [4.78, 5) is 2.15. The first-order valence-corrected chi connectivity index (χ1v) is 6.08. The van der Waals surface area contributed by atoms with E-state index in [-0.39, 0.29) is 18.4 Å². The normalized spacial score (nSPS) is 12.5. The summed E-state index contributed by atoms with van der Waals surface area (Å²) in [6.07, 6.45) is 0.457. The number of aliphatic hydroxyl groups excluding tert-OH is 1. The Balaban J connectivity index is 2.92. The maximum absolute atomic E-state index is 9.94. The van der Waals surface area contributed by atoms with Crippen LogP contribution in [0.1, 0.15) is 31.9 Å². The molecule has 0 fully saturated rings. The average molecular weight is 238 g/mol. The highest BCUT2D eigenvalue weighted by Crippen LogP contribution is 2.29. The molecule has 4 heteroatoms. The zero-order valence-corrected chi connectivity index (χ0v) is 10.6. The van der Waals surface area contributed by atoms with E-state index in [0.29, 0.717) is 12.0 Å². The second-order valence-corrected chi connectivity index (χ2v) is 4.03. The van der Waals surface area contributed by atoms with Gasteiger partial charge >= 0.3 is 0 Å². The zero-order valence-electron chi connectivity index (χ0n) is 10.6. The fourth-order valence-corrected chi connectivity index (χ4v) is 1.93. The Bertz CT molecular complexity index is 351. The van der Waals surface area contributed by atoms with Gasteiger partial charge in [0.25, 0.3) is 0 Å². The van der Waals surface area contributed by atoms with Gasteiger partial charge in [-0.15, -0.1) is 0 Å². The van der Waals surface area contributed by atoms with Gasteiger partial charge in [-0.3, -0.25) is 0 Å². The van der Waals surface area contributed by atoms with Crippen molar-refractivity contribution in [2.75, 3.05) is 24.6 Å². The summed E-state index contributed by atoms with van der Waals surface area (Å²) in [7, 11) is 0. The minimum atomic E-state index is -0.314. The molecule has 1 atom stereocenters. The molecule has 0 spiro atoms. The first-order chi connectivity index (χ1) is 8.13. The number of aromatic hydroxyl groups is 1. The molecule has 1 rings (SSSR count). The quantitative estimate of drug-likeness (QED) is 0.704. The van der Waals surface area contributed by atoms with Gasteiger partial charge in [0.1, 0.15) is 5.75 Å². The van der Waals surface area contributed by atoms with E-state index in [1.165, 1.54) is 0 Å². The molecule has 0 aliphatic carbocycles. The van der Waals surface area contributed by atoms with E-state index in [4.69, 9.17) is 10.8 Å². The standard InChI is InChI=1S/C13H22N2O2/c1-3-15(4-2)10-5-6-11(13(17)9-10)12(14)7-8-16/h5-6,9,12,16-17H,3-4,7-8,14H2,1-2H3. The van der Waals surface area contributed by atoms with E-state index in [1.54, 1.807) is 6.07 Å². The lowest BCUT2D eigenvalue weighted by molar-refractivity contribution is 0.275. The predicted octanol–water partition coefficient (Wildman–Crippen LogP) is 1.62. The fraction of sp³-hybridized carbons (Fsp3) is 0.538. The Kier molecular flexibility index (Phi) is 5.25. The Morgan fingerprint density at radius 1 is 1.29 bits per heavy atom. The molecular formula is C13H22N2O2. The van der Waals surface area contributed by atoms with Crippen LogP contribution in [0.2, 0.25) is 0 Å². The average Bonchev–Trinajstić information content (AvgIpc) is 2.31. The molecule has 0 aromatic heterocycles. The summed E-state index contributed by atoms with van der Waals surface area (Å²) in [5, 5.41) is 18.8. The Labute approximate surface area is 103 Å². The van der Waals surface area contributed by atoms with Crippen LogP contribution >= 0.6 is 0 Å². The molecule has 96 valence electrons. The van der Waals surface area contributed by atoms with E-state index in [9.17, 15) is 5.11 Å². The number of nitrogens with zero attached hydrogens (tertiary/aromatic N) is 1. The van der Waals surface area contributed by atoms with Crippen LogP contribution in [0.25, 0.3) is 0 Å². The predicted molar refractivity (Wildman–Crippen MR) is 70.3 cm³/mol. The van der Waals surface area contributed by atoms with Crippen LogP contribution in [0.4, 0.5) is 5.69 Å². The lowest BCUT2D eigenvalue weighted by Gasteiger charge is -2.22. The van der Waals surface area contributed by atoms with Crippen molar-refractivity contribution in [2.45, 2.75) is 26.3 Å². The van der Waals surface area contributed by atoms with Crippen LogP contribution < -0.4 is 10.6 Å². The molecular weight excluding hydrogens is 216 g/mol. The number of hydrogen-bond acceptors (Lipinski definition) is 4. The Hall–Kier alpha value is -1.26. The first-order valence-electron chi connectivity index (χ1n) is 6.08. The van der Waals surface area contributed by atoms with Crippen LogP contribution in [-0.2, 0) is 0 Å². The third-order valence-electron chi connectivity index (χ3n) is 2.98. The SMILES string of the molecule is CCN(CC)c1ccc(C(N)CCO)c(O)c1. The van der Waals surface area contributed by atoms with E-state index in [2.05, 4.69) is 18.7 Å². The van der Waals surface area contributed by atoms with Gasteiger partial charge in [0, 0.05) is 43.1 Å². The molecule has 0 heterocycles. The number of anilines is 1. The highest BCUT2D eigenvalue weighted by molar-refractivity contribution is 5.53. The van der Waals surface area contributed by atoms with Crippen molar-refractivity contribution < 1.29 is 10.2 Å². The van der Waals surface area contributed by atoms with Gasteiger partial charge in [-0.1, -0.05) is 6.07 Å². The number of rotatable bonds is 6. The minimum absolute atomic E-state index is 0.0262. The van der Waals surface area contributed by atoms with Gasteiger partial charge in [0.2, 0.25) is 0 Å². The van der Waals surface area contributed by atoms with E-state index < -0.39 is 0 Å². The van der Waals surface area contributed by atoms with Gasteiger partial charge in [-0.05, 0) is 26.3 Å². The number of aliphatic hydroxyl groups is 1. The van der Waals surface area contributed by atoms with Crippen molar-refractivity contribution in [3.05, 3.63) is 23.8 Å². The highest BCUT2D eigenvalue weighted by Gasteiger charge is 2.12. The van der Waals surface area contributed by atoms with Crippen molar-refractivity contribution >= 4 is 5.69 Å². The number of phenols is 1. The van der Waals surface area contributed by atoms with Crippen molar-refractivity contribution in [3.63, 3.8) is 0 Å². The lowest BCUT2D eigenvalue weighted by atomic mass is 10.0.